The molecule has 0 bridgehead atoms. The molecule has 2 aliphatic carbocycles. The van der Waals surface area contributed by atoms with Gasteiger partial charge in [-0.3, -0.25) is 0 Å². The standard InChI is InChI=1S/C53H32N2S/c1-3-15-33(16-4-1)46-32-47(55-52(54-46)34-17-5-2-6-18-34)35-27-28-39-37-20-8-7-19-36(37)38-21-9-12-24-42(38)53(45(39)31-35)43-25-13-10-22-40(43)50-44(53)29-30-49-51(50)41-23-11-14-26-48(41)56-49/h1-32H. The fraction of sp³-hybridized carbons (Fsp3) is 0.0189. The van der Waals surface area contributed by atoms with Crippen LogP contribution in [0.1, 0.15) is 22.3 Å². The summed E-state index contributed by atoms with van der Waals surface area (Å²) in [5.41, 5.74) is 17.1. The van der Waals surface area contributed by atoms with Crippen LogP contribution in [-0.4, -0.2) is 9.97 Å². The lowest BCUT2D eigenvalue weighted by molar-refractivity contribution is 0.776. The number of aromatic nitrogens is 2. The average Bonchev–Trinajstić information content (AvgIpc) is 3.77. The monoisotopic (exact) mass is 728 g/mol. The van der Waals surface area contributed by atoms with Gasteiger partial charge in [0.05, 0.1) is 16.8 Å². The lowest BCUT2D eigenvalue weighted by atomic mass is 9.65. The number of thiophene rings is 1. The third-order valence-electron chi connectivity index (χ3n) is 11.9. The molecule has 3 heteroatoms. The predicted octanol–water partition coefficient (Wildman–Crippen LogP) is 13.9. The van der Waals surface area contributed by atoms with Gasteiger partial charge in [-0.1, -0.05) is 170 Å². The molecule has 0 fully saturated rings. The van der Waals surface area contributed by atoms with E-state index < -0.39 is 5.41 Å². The topological polar surface area (TPSA) is 25.8 Å². The van der Waals surface area contributed by atoms with Crippen molar-refractivity contribution < 1.29 is 0 Å². The van der Waals surface area contributed by atoms with E-state index in [4.69, 9.17) is 9.97 Å². The molecular weight excluding hydrogens is 697 g/mol. The first-order chi connectivity index (χ1) is 27.8. The molecule has 8 aromatic carbocycles. The van der Waals surface area contributed by atoms with Crippen LogP contribution >= 0.6 is 11.3 Å². The number of benzene rings is 8. The van der Waals surface area contributed by atoms with Crippen LogP contribution in [0, 0.1) is 0 Å². The van der Waals surface area contributed by atoms with Crippen molar-refractivity contribution in [2.75, 3.05) is 0 Å². The van der Waals surface area contributed by atoms with Crippen LogP contribution in [0.3, 0.4) is 0 Å². The molecule has 0 saturated heterocycles. The highest BCUT2D eigenvalue weighted by molar-refractivity contribution is 7.26. The van der Waals surface area contributed by atoms with Crippen LogP contribution < -0.4 is 0 Å². The minimum absolute atomic E-state index is 0.609. The number of hydrogen-bond acceptors (Lipinski definition) is 3. The molecule has 260 valence electrons. The Kier molecular flexibility index (Phi) is 6.75. The van der Waals surface area contributed by atoms with Gasteiger partial charge in [0.1, 0.15) is 0 Å². The van der Waals surface area contributed by atoms with Gasteiger partial charge in [-0.15, -0.1) is 11.3 Å². The van der Waals surface area contributed by atoms with Crippen LogP contribution in [0.4, 0.5) is 0 Å². The van der Waals surface area contributed by atoms with Gasteiger partial charge in [-0.2, -0.15) is 0 Å². The van der Waals surface area contributed by atoms with Crippen LogP contribution in [0.25, 0.3) is 87.5 Å². The highest BCUT2D eigenvalue weighted by Crippen LogP contribution is 2.63. The van der Waals surface area contributed by atoms with E-state index in [1.54, 1.807) is 0 Å². The molecule has 0 amide bonds. The maximum Gasteiger partial charge on any atom is 0.160 e. The Morgan fingerprint density at radius 3 is 1.68 bits per heavy atom. The van der Waals surface area contributed by atoms with Crippen LogP contribution in [-0.2, 0) is 5.41 Å². The van der Waals surface area contributed by atoms with E-state index in [9.17, 15) is 0 Å². The highest BCUT2D eigenvalue weighted by Gasteiger charge is 2.50. The molecule has 12 rings (SSSR count). The number of fused-ring (bicyclic) bond motifs is 16. The second-order valence-corrected chi connectivity index (χ2v) is 15.9. The predicted molar refractivity (Wildman–Crippen MR) is 233 cm³/mol. The molecule has 0 aliphatic heterocycles. The normalized spacial score (nSPS) is 14.9. The molecule has 2 aliphatic rings. The van der Waals surface area contributed by atoms with E-state index in [1.807, 2.05) is 17.4 Å². The summed E-state index contributed by atoms with van der Waals surface area (Å²) in [5, 5.41) is 2.67. The van der Waals surface area contributed by atoms with Crippen molar-refractivity contribution in [1.29, 1.82) is 0 Å². The third kappa shape index (κ3) is 4.38. The Hall–Kier alpha value is -6.94. The fourth-order valence-electron chi connectivity index (χ4n) is 9.62. The fourth-order valence-corrected chi connectivity index (χ4v) is 10.7. The number of nitrogens with zero attached hydrogens (tertiary/aromatic N) is 2. The van der Waals surface area contributed by atoms with Crippen LogP contribution in [0.5, 0.6) is 0 Å². The van der Waals surface area contributed by atoms with Crippen molar-refractivity contribution in [2.24, 2.45) is 0 Å². The highest BCUT2D eigenvalue weighted by atomic mass is 32.1. The maximum absolute atomic E-state index is 5.32. The molecule has 1 atom stereocenters. The van der Waals surface area contributed by atoms with Gasteiger partial charge in [0, 0.05) is 36.9 Å². The lowest BCUT2D eigenvalue weighted by Gasteiger charge is -2.35. The third-order valence-corrected chi connectivity index (χ3v) is 13.1. The van der Waals surface area contributed by atoms with Gasteiger partial charge in [0.15, 0.2) is 5.82 Å². The first-order valence-corrected chi connectivity index (χ1v) is 20.0. The second kappa shape index (κ2) is 12.0. The molecule has 2 heterocycles. The van der Waals surface area contributed by atoms with E-state index in [0.717, 1.165) is 28.1 Å². The molecule has 2 aromatic heterocycles. The summed E-state index contributed by atoms with van der Waals surface area (Å²) < 4.78 is 2.64. The summed E-state index contributed by atoms with van der Waals surface area (Å²) in [6, 6.07) is 70.9. The van der Waals surface area contributed by atoms with Gasteiger partial charge in [-0.05, 0) is 79.9 Å². The van der Waals surface area contributed by atoms with Crippen molar-refractivity contribution in [2.45, 2.75) is 5.41 Å². The number of rotatable bonds is 3. The first-order valence-electron chi connectivity index (χ1n) is 19.2. The van der Waals surface area contributed by atoms with Crippen molar-refractivity contribution in [3.05, 3.63) is 216 Å². The Labute approximate surface area is 329 Å². The van der Waals surface area contributed by atoms with Gasteiger partial charge < -0.3 is 0 Å². The van der Waals surface area contributed by atoms with Gasteiger partial charge in [0.25, 0.3) is 0 Å². The van der Waals surface area contributed by atoms with Crippen molar-refractivity contribution in [3.8, 4) is 67.3 Å². The maximum atomic E-state index is 5.32. The quantitative estimate of drug-likeness (QED) is 0.181. The van der Waals surface area contributed by atoms with Crippen molar-refractivity contribution in [1.82, 2.24) is 9.97 Å². The van der Waals surface area contributed by atoms with E-state index in [1.165, 1.54) is 75.8 Å². The van der Waals surface area contributed by atoms with E-state index in [-0.39, 0.29) is 0 Å². The molecular formula is C53H32N2S. The molecule has 0 saturated carbocycles. The molecule has 1 unspecified atom stereocenters. The summed E-state index contributed by atoms with van der Waals surface area (Å²) in [4.78, 5) is 10.5. The average molecular weight is 729 g/mol. The Morgan fingerprint density at radius 1 is 0.357 bits per heavy atom. The van der Waals surface area contributed by atoms with Crippen LogP contribution in [0.2, 0.25) is 0 Å². The van der Waals surface area contributed by atoms with Gasteiger partial charge in [0.2, 0.25) is 0 Å². The zero-order chi connectivity index (χ0) is 36.8. The van der Waals surface area contributed by atoms with Crippen molar-refractivity contribution >= 4 is 31.5 Å². The molecule has 1 spiro atoms. The zero-order valence-corrected chi connectivity index (χ0v) is 31.1. The van der Waals surface area contributed by atoms with E-state index in [0.29, 0.717) is 5.82 Å². The summed E-state index contributed by atoms with van der Waals surface area (Å²) >= 11 is 1.89. The zero-order valence-electron chi connectivity index (χ0n) is 30.3. The summed E-state index contributed by atoms with van der Waals surface area (Å²) in [7, 11) is 0. The van der Waals surface area contributed by atoms with Crippen molar-refractivity contribution in [3.63, 3.8) is 0 Å². The van der Waals surface area contributed by atoms with Crippen LogP contribution in [0.15, 0.2) is 194 Å². The Morgan fingerprint density at radius 2 is 0.929 bits per heavy atom. The summed E-state index contributed by atoms with van der Waals surface area (Å²) in [6.07, 6.45) is 0. The molecule has 56 heavy (non-hydrogen) atoms. The first kappa shape index (κ1) is 31.4. The smallest absolute Gasteiger partial charge is 0.160 e. The minimum atomic E-state index is -0.609. The van der Waals surface area contributed by atoms with E-state index in [2.05, 4.69) is 188 Å². The number of hydrogen-bond donors (Lipinski definition) is 0. The largest absolute Gasteiger partial charge is 0.228 e. The summed E-state index contributed by atoms with van der Waals surface area (Å²) in [6.45, 7) is 0. The van der Waals surface area contributed by atoms with Gasteiger partial charge in [-0.25, -0.2) is 9.97 Å². The molecule has 2 nitrogen and oxygen atoms in total. The Bertz CT molecular complexity index is 3140. The minimum Gasteiger partial charge on any atom is -0.228 e. The van der Waals surface area contributed by atoms with E-state index >= 15 is 0 Å². The Balaban J connectivity index is 1.22. The molecule has 0 N–H and O–H groups in total. The lowest BCUT2D eigenvalue weighted by Crippen LogP contribution is -2.29. The SMILES string of the molecule is c1ccc(-c2cc(-c3ccc4c(c3)C3(c5ccccc5-c5ccccc5-4)c4ccccc4-c4c3ccc3sc5ccccc5c43)nc(-c3ccccc3)n2)cc1. The van der Waals surface area contributed by atoms with Gasteiger partial charge >= 0.3 is 0 Å². The summed E-state index contributed by atoms with van der Waals surface area (Å²) in [5.74, 6) is 0.714. The molecule has 0 radical (unpaired) electrons. The second-order valence-electron chi connectivity index (χ2n) is 14.8. The molecule has 10 aromatic rings.